The Kier molecular flexibility index (Phi) is 6.96. The van der Waals surface area contributed by atoms with Crippen LogP contribution in [0.25, 0.3) is 22.3 Å². The number of halogens is 2. The minimum absolute atomic E-state index is 0.0858. The Balaban J connectivity index is 1.35. The highest BCUT2D eigenvalue weighted by molar-refractivity contribution is 5.88. The summed E-state index contributed by atoms with van der Waals surface area (Å²) in [6, 6.07) is 10.1. The molecule has 1 amide bonds. The maximum atomic E-state index is 12.8. The predicted octanol–water partition coefficient (Wildman–Crippen LogP) is 2.43. The number of anilines is 2. The molecule has 2 saturated heterocycles. The summed E-state index contributed by atoms with van der Waals surface area (Å²) in [5, 5.41) is 3.23. The lowest BCUT2D eigenvalue weighted by Crippen LogP contribution is -2.49. The quantitative estimate of drug-likeness (QED) is 0.571. The SMILES string of the molecule is O=C(C(F)F)N1CCO[C@H](CNc2nc(-c3ccc(N4CCOCC4)cc3)cc3nccnc23)C1. The van der Waals surface area contributed by atoms with Gasteiger partial charge in [0.1, 0.15) is 5.52 Å². The molecule has 2 aliphatic rings. The molecule has 2 aliphatic heterocycles. The van der Waals surface area contributed by atoms with Gasteiger partial charge in [0, 0.05) is 56.4 Å². The van der Waals surface area contributed by atoms with Crippen molar-refractivity contribution in [3.63, 3.8) is 0 Å². The highest BCUT2D eigenvalue weighted by Crippen LogP contribution is 2.27. The van der Waals surface area contributed by atoms with E-state index in [1.165, 1.54) is 0 Å². The summed E-state index contributed by atoms with van der Waals surface area (Å²) in [4.78, 5) is 28.7. The van der Waals surface area contributed by atoms with Crippen molar-refractivity contribution in [1.29, 1.82) is 0 Å². The minimum Gasteiger partial charge on any atom is -0.378 e. The van der Waals surface area contributed by atoms with Gasteiger partial charge in [-0.3, -0.25) is 9.78 Å². The average molecular weight is 485 g/mol. The maximum absolute atomic E-state index is 12.8. The van der Waals surface area contributed by atoms with Crippen LogP contribution < -0.4 is 10.2 Å². The van der Waals surface area contributed by atoms with Crippen molar-refractivity contribution in [3.8, 4) is 11.3 Å². The van der Waals surface area contributed by atoms with Crippen molar-refractivity contribution in [1.82, 2.24) is 19.9 Å². The molecule has 1 N–H and O–H groups in total. The zero-order chi connectivity index (χ0) is 24.2. The van der Waals surface area contributed by atoms with Crippen LogP contribution in [0.3, 0.4) is 0 Å². The van der Waals surface area contributed by atoms with Crippen LogP contribution in [-0.2, 0) is 14.3 Å². The molecule has 0 aliphatic carbocycles. The number of aromatic nitrogens is 3. The molecule has 0 radical (unpaired) electrons. The van der Waals surface area contributed by atoms with Gasteiger partial charge in [-0.05, 0) is 18.2 Å². The van der Waals surface area contributed by atoms with Crippen LogP contribution in [0.1, 0.15) is 0 Å². The zero-order valence-electron chi connectivity index (χ0n) is 19.1. The highest BCUT2D eigenvalue weighted by atomic mass is 19.3. The molecule has 2 aromatic heterocycles. The predicted molar refractivity (Wildman–Crippen MR) is 127 cm³/mol. The number of hydrogen-bond donors (Lipinski definition) is 1. The van der Waals surface area contributed by atoms with Gasteiger partial charge < -0.3 is 24.6 Å². The number of nitrogens with one attached hydrogen (secondary N) is 1. The van der Waals surface area contributed by atoms with Crippen LogP contribution in [0.15, 0.2) is 42.7 Å². The number of amides is 1. The van der Waals surface area contributed by atoms with E-state index < -0.39 is 18.4 Å². The summed E-state index contributed by atoms with van der Waals surface area (Å²) in [5.74, 6) is -0.654. The van der Waals surface area contributed by atoms with Crippen LogP contribution in [0.2, 0.25) is 0 Å². The van der Waals surface area contributed by atoms with Crippen molar-refractivity contribution in [2.45, 2.75) is 12.5 Å². The Morgan fingerprint density at radius 2 is 1.86 bits per heavy atom. The number of carbonyl (C=O) groups excluding carboxylic acids is 1. The van der Waals surface area contributed by atoms with Gasteiger partial charge >= 0.3 is 6.43 Å². The molecule has 3 aromatic rings. The van der Waals surface area contributed by atoms with Gasteiger partial charge in [0.25, 0.3) is 5.91 Å². The van der Waals surface area contributed by atoms with Crippen LogP contribution in [0, 0.1) is 0 Å². The van der Waals surface area contributed by atoms with Crippen LogP contribution in [0.4, 0.5) is 20.3 Å². The van der Waals surface area contributed by atoms with Gasteiger partial charge in [-0.25, -0.2) is 9.97 Å². The summed E-state index contributed by atoms with van der Waals surface area (Å²) in [5.41, 5.74) is 4.07. The van der Waals surface area contributed by atoms with Gasteiger partial charge in [-0.2, -0.15) is 8.78 Å². The number of rotatable bonds is 6. The van der Waals surface area contributed by atoms with E-state index in [1.807, 2.05) is 18.2 Å². The lowest BCUT2D eigenvalue weighted by atomic mass is 10.1. The Morgan fingerprint density at radius 3 is 2.63 bits per heavy atom. The van der Waals surface area contributed by atoms with Gasteiger partial charge in [-0.15, -0.1) is 0 Å². The van der Waals surface area contributed by atoms with Gasteiger partial charge in [0.05, 0.1) is 37.1 Å². The number of ether oxygens (including phenoxy) is 2. The fourth-order valence-electron chi connectivity index (χ4n) is 4.30. The molecule has 4 heterocycles. The molecule has 0 spiro atoms. The smallest absolute Gasteiger partial charge is 0.315 e. The fraction of sp³-hybridized carbons (Fsp3) is 0.417. The van der Waals surface area contributed by atoms with E-state index in [4.69, 9.17) is 14.5 Å². The molecule has 11 heteroatoms. The Morgan fingerprint density at radius 1 is 1.09 bits per heavy atom. The van der Waals surface area contributed by atoms with E-state index in [9.17, 15) is 13.6 Å². The molecular formula is C24H26F2N6O3. The van der Waals surface area contributed by atoms with E-state index in [0.29, 0.717) is 16.9 Å². The lowest BCUT2D eigenvalue weighted by Gasteiger charge is -2.33. The first-order chi connectivity index (χ1) is 17.1. The van der Waals surface area contributed by atoms with E-state index in [-0.39, 0.29) is 26.2 Å². The first-order valence-corrected chi connectivity index (χ1v) is 11.6. The van der Waals surface area contributed by atoms with E-state index in [2.05, 4.69) is 32.3 Å². The van der Waals surface area contributed by atoms with Crippen molar-refractivity contribution >= 4 is 28.4 Å². The second kappa shape index (κ2) is 10.4. The molecule has 0 bridgehead atoms. The molecule has 184 valence electrons. The first-order valence-electron chi connectivity index (χ1n) is 11.6. The third-order valence-corrected chi connectivity index (χ3v) is 6.13. The summed E-state index contributed by atoms with van der Waals surface area (Å²) >= 11 is 0. The van der Waals surface area contributed by atoms with Crippen LogP contribution >= 0.6 is 0 Å². The number of fused-ring (bicyclic) bond motifs is 1. The molecule has 0 saturated carbocycles. The largest absolute Gasteiger partial charge is 0.378 e. The molecule has 0 unspecified atom stereocenters. The first kappa shape index (κ1) is 23.3. The van der Waals surface area contributed by atoms with Gasteiger partial charge in [0.2, 0.25) is 0 Å². The normalized spacial score (nSPS) is 18.8. The number of alkyl halides is 2. The molecule has 35 heavy (non-hydrogen) atoms. The van der Waals surface area contributed by atoms with Gasteiger partial charge in [-0.1, -0.05) is 12.1 Å². The molecule has 1 atom stereocenters. The van der Waals surface area contributed by atoms with Crippen molar-refractivity contribution in [2.75, 3.05) is 62.8 Å². The molecule has 5 rings (SSSR count). The zero-order valence-corrected chi connectivity index (χ0v) is 19.1. The van der Waals surface area contributed by atoms with Crippen molar-refractivity contribution in [2.24, 2.45) is 0 Å². The number of hydrogen-bond acceptors (Lipinski definition) is 8. The lowest BCUT2D eigenvalue weighted by molar-refractivity contribution is -0.149. The topological polar surface area (TPSA) is 92.7 Å². The Hall–Kier alpha value is -3.44. The molecule has 2 fully saturated rings. The number of pyridine rings is 1. The van der Waals surface area contributed by atoms with Gasteiger partial charge in [0.15, 0.2) is 5.82 Å². The van der Waals surface area contributed by atoms with Crippen molar-refractivity contribution < 1.29 is 23.0 Å². The van der Waals surface area contributed by atoms with E-state index in [0.717, 1.165) is 48.1 Å². The third-order valence-electron chi connectivity index (χ3n) is 6.13. The fourth-order valence-corrected chi connectivity index (χ4v) is 4.30. The second-order valence-electron chi connectivity index (χ2n) is 8.39. The highest BCUT2D eigenvalue weighted by Gasteiger charge is 2.29. The number of benzene rings is 1. The van der Waals surface area contributed by atoms with E-state index >= 15 is 0 Å². The minimum atomic E-state index is -3.02. The standard InChI is InChI=1S/C24H26F2N6O3/c25-22(26)24(33)32-9-12-35-18(15-32)14-29-23-21-20(27-5-6-28-21)13-19(30-23)16-1-3-17(4-2-16)31-7-10-34-11-8-31/h1-6,13,18,22H,7-12,14-15H2,(H,29,30)/t18-/m1/s1. The number of nitrogens with zero attached hydrogens (tertiary/aromatic N) is 5. The monoisotopic (exact) mass is 484 g/mol. The summed E-state index contributed by atoms with van der Waals surface area (Å²) in [6.45, 7) is 3.90. The average Bonchev–Trinajstić information content (AvgIpc) is 2.92. The number of morpholine rings is 2. The number of carbonyl (C=O) groups is 1. The van der Waals surface area contributed by atoms with Crippen molar-refractivity contribution in [3.05, 3.63) is 42.7 Å². The maximum Gasteiger partial charge on any atom is 0.315 e. The third kappa shape index (κ3) is 5.30. The Labute approximate surface area is 201 Å². The molecule has 9 nitrogen and oxygen atoms in total. The summed E-state index contributed by atoms with van der Waals surface area (Å²) in [6.07, 6.45) is -0.257. The summed E-state index contributed by atoms with van der Waals surface area (Å²) < 4.78 is 36.7. The summed E-state index contributed by atoms with van der Waals surface area (Å²) in [7, 11) is 0. The Bertz CT molecular complexity index is 1170. The van der Waals surface area contributed by atoms with E-state index in [1.54, 1.807) is 12.4 Å². The van der Waals surface area contributed by atoms with Crippen LogP contribution in [0.5, 0.6) is 0 Å². The van der Waals surface area contributed by atoms with Crippen LogP contribution in [-0.4, -0.2) is 90.8 Å². The molecular weight excluding hydrogens is 458 g/mol. The molecule has 1 aromatic carbocycles. The second-order valence-corrected chi connectivity index (χ2v) is 8.39.